The molecular weight excluding hydrogens is 268 g/mol. The Morgan fingerprint density at radius 2 is 2.26 bits per heavy atom. The summed E-state index contributed by atoms with van der Waals surface area (Å²) in [5.74, 6) is -0.433. The number of hydrogen-bond acceptors (Lipinski definition) is 4. The lowest BCUT2D eigenvalue weighted by Gasteiger charge is -2.33. The van der Waals surface area contributed by atoms with Crippen molar-refractivity contribution in [3.63, 3.8) is 0 Å². The first kappa shape index (κ1) is 16.1. The monoisotopic (exact) mass is 290 g/mol. The first-order valence-electron chi connectivity index (χ1n) is 6.35. The minimum absolute atomic E-state index is 0.109. The molecule has 1 amide bonds. The molecule has 0 aromatic rings. The lowest BCUT2D eigenvalue weighted by atomic mass is 9.98. The van der Waals surface area contributed by atoms with Crippen molar-refractivity contribution < 1.29 is 18.3 Å². The first-order chi connectivity index (χ1) is 8.90. The number of aliphatic hydroxyl groups excluding tert-OH is 1. The van der Waals surface area contributed by atoms with E-state index in [4.69, 9.17) is 5.11 Å². The summed E-state index contributed by atoms with van der Waals surface area (Å²) in [4.78, 5) is 13.8. The maximum atomic E-state index is 12.3. The first-order valence-corrected chi connectivity index (χ1v) is 8.20. The predicted octanol–water partition coefficient (Wildman–Crippen LogP) is -0.335. The van der Waals surface area contributed by atoms with Gasteiger partial charge in [-0.15, -0.1) is 6.58 Å². The van der Waals surface area contributed by atoms with Crippen LogP contribution >= 0.6 is 0 Å². The number of carbonyl (C=O) groups excluding carboxylic acids is 1. The molecule has 1 aliphatic rings. The lowest BCUT2D eigenvalue weighted by molar-refractivity contribution is -0.136. The Morgan fingerprint density at radius 1 is 1.58 bits per heavy atom. The van der Waals surface area contributed by atoms with Gasteiger partial charge in [-0.25, -0.2) is 12.7 Å². The van der Waals surface area contributed by atoms with Crippen LogP contribution in [0.15, 0.2) is 12.7 Å². The third kappa shape index (κ3) is 4.59. The minimum atomic E-state index is -3.25. The van der Waals surface area contributed by atoms with Crippen LogP contribution in [0.1, 0.15) is 12.8 Å². The Labute approximate surface area is 114 Å². The van der Waals surface area contributed by atoms with Crippen LogP contribution < -0.4 is 0 Å². The molecule has 0 saturated carbocycles. The normalized spacial score (nSPS) is 21.1. The van der Waals surface area contributed by atoms with Crippen molar-refractivity contribution in [3.05, 3.63) is 12.7 Å². The van der Waals surface area contributed by atoms with E-state index in [0.29, 0.717) is 25.9 Å². The van der Waals surface area contributed by atoms with E-state index in [-0.39, 0.29) is 31.5 Å². The molecule has 7 heteroatoms. The molecule has 0 spiro atoms. The van der Waals surface area contributed by atoms with Crippen LogP contribution in [0, 0.1) is 5.92 Å². The molecule has 1 N–H and O–H groups in total. The van der Waals surface area contributed by atoms with Gasteiger partial charge >= 0.3 is 0 Å². The summed E-state index contributed by atoms with van der Waals surface area (Å²) in [5, 5.41) is 8.96. The zero-order chi connectivity index (χ0) is 14.5. The Bertz CT molecular complexity index is 421. The highest BCUT2D eigenvalue weighted by molar-refractivity contribution is 7.88. The third-order valence-corrected chi connectivity index (χ3v) is 4.50. The Balaban J connectivity index is 2.72. The molecule has 1 rings (SSSR count). The van der Waals surface area contributed by atoms with Crippen LogP contribution in [0.5, 0.6) is 0 Å². The highest BCUT2D eigenvalue weighted by Crippen LogP contribution is 2.20. The molecule has 110 valence electrons. The van der Waals surface area contributed by atoms with Crippen LogP contribution in [0.3, 0.4) is 0 Å². The summed E-state index contributed by atoms with van der Waals surface area (Å²) in [5.41, 5.74) is 0. The number of carbonyl (C=O) groups is 1. The number of rotatable bonds is 6. The quantitative estimate of drug-likeness (QED) is 0.679. The van der Waals surface area contributed by atoms with E-state index >= 15 is 0 Å². The molecule has 1 heterocycles. The van der Waals surface area contributed by atoms with Crippen LogP contribution in [-0.4, -0.2) is 67.7 Å². The summed E-state index contributed by atoms with van der Waals surface area (Å²) < 4.78 is 24.4. The van der Waals surface area contributed by atoms with Crippen molar-refractivity contribution in [1.82, 2.24) is 9.21 Å². The summed E-state index contributed by atoms with van der Waals surface area (Å²) in [7, 11) is -3.25. The van der Waals surface area contributed by atoms with E-state index in [1.807, 2.05) is 0 Å². The summed E-state index contributed by atoms with van der Waals surface area (Å²) in [6.45, 7) is 4.80. The SMILES string of the molecule is C=CCN(CCO)C(=O)C1CCCN(S(C)(=O)=O)C1. The van der Waals surface area contributed by atoms with Crippen LogP contribution in [0.25, 0.3) is 0 Å². The number of nitrogens with zero attached hydrogens (tertiary/aromatic N) is 2. The fourth-order valence-corrected chi connectivity index (χ4v) is 3.18. The van der Waals surface area contributed by atoms with Crippen LogP contribution in [-0.2, 0) is 14.8 Å². The summed E-state index contributed by atoms with van der Waals surface area (Å²) in [6, 6.07) is 0. The van der Waals surface area contributed by atoms with Crippen molar-refractivity contribution in [3.8, 4) is 0 Å². The average Bonchev–Trinajstić information content (AvgIpc) is 2.37. The average molecular weight is 290 g/mol. The molecule has 1 aliphatic heterocycles. The molecule has 0 bridgehead atoms. The van der Waals surface area contributed by atoms with E-state index in [9.17, 15) is 13.2 Å². The standard InChI is InChI=1S/C12H22N2O4S/c1-3-6-13(8-9-15)12(16)11-5-4-7-14(10-11)19(2,17)18/h3,11,15H,1,4-10H2,2H3. The van der Waals surface area contributed by atoms with Gasteiger partial charge in [-0.1, -0.05) is 6.08 Å². The van der Waals surface area contributed by atoms with Gasteiger partial charge < -0.3 is 10.0 Å². The fraction of sp³-hybridized carbons (Fsp3) is 0.750. The van der Waals surface area contributed by atoms with Gasteiger partial charge in [-0.2, -0.15) is 0 Å². The highest BCUT2D eigenvalue weighted by Gasteiger charge is 2.32. The molecule has 0 radical (unpaired) electrons. The van der Waals surface area contributed by atoms with Crippen molar-refractivity contribution in [2.24, 2.45) is 5.92 Å². The van der Waals surface area contributed by atoms with Gasteiger partial charge in [0.1, 0.15) is 0 Å². The van der Waals surface area contributed by atoms with Gasteiger partial charge in [0.05, 0.1) is 18.8 Å². The van der Waals surface area contributed by atoms with Crippen molar-refractivity contribution in [2.75, 3.05) is 39.0 Å². The summed E-state index contributed by atoms with van der Waals surface area (Å²) in [6.07, 6.45) is 4.13. The lowest BCUT2D eigenvalue weighted by Crippen LogP contribution is -2.47. The Morgan fingerprint density at radius 3 is 2.79 bits per heavy atom. The molecular formula is C12H22N2O4S. The Hall–Kier alpha value is -0.920. The number of sulfonamides is 1. The molecule has 6 nitrogen and oxygen atoms in total. The molecule has 0 aliphatic carbocycles. The number of amides is 1. The highest BCUT2D eigenvalue weighted by atomic mass is 32.2. The molecule has 1 atom stereocenters. The van der Waals surface area contributed by atoms with Gasteiger partial charge in [0.15, 0.2) is 0 Å². The maximum Gasteiger partial charge on any atom is 0.227 e. The second kappa shape index (κ2) is 7.02. The molecule has 1 saturated heterocycles. The van der Waals surface area contributed by atoms with Gasteiger partial charge in [0.25, 0.3) is 0 Å². The van der Waals surface area contributed by atoms with Crippen molar-refractivity contribution in [1.29, 1.82) is 0 Å². The van der Waals surface area contributed by atoms with Crippen LogP contribution in [0.2, 0.25) is 0 Å². The van der Waals surface area contributed by atoms with Crippen LogP contribution in [0.4, 0.5) is 0 Å². The molecule has 1 fully saturated rings. The largest absolute Gasteiger partial charge is 0.395 e. The van der Waals surface area contributed by atoms with Gasteiger partial charge in [0.2, 0.25) is 15.9 Å². The number of aliphatic hydroxyl groups is 1. The molecule has 0 aromatic carbocycles. The van der Waals surface area contributed by atoms with E-state index in [2.05, 4.69) is 6.58 Å². The van der Waals surface area contributed by atoms with Crippen molar-refractivity contribution in [2.45, 2.75) is 12.8 Å². The minimum Gasteiger partial charge on any atom is -0.395 e. The zero-order valence-electron chi connectivity index (χ0n) is 11.3. The van der Waals surface area contributed by atoms with Gasteiger partial charge in [-0.3, -0.25) is 4.79 Å². The summed E-state index contributed by atoms with van der Waals surface area (Å²) >= 11 is 0. The second-order valence-corrected chi connectivity index (χ2v) is 6.74. The van der Waals surface area contributed by atoms with Gasteiger partial charge in [0, 0.05) is 26.2 Å². The topological polar surface area (TPSA) is 77.9 Å². The number of hydrogen-bond donors (Lipinski definition) is 1. The van der Waals surface area contributed by atoms with E-state index < -0.39 is 10.0 Å². The number of piperidine rings is 1. The smallest absolute Gasteiger partial charge is 0.227 e. The molecule has 0 aromatic heterocycles. The van der Waals surface area contributed by atoms with E-state index in [1.165, 1.54) is 9.21 Å². The molecule has 1 unspecified atom stereocenters. The van der Waals surface area contributed by atoms with E-state index in [0.717, 1.165) is 6.26 Å². The fourth-order valence-electron chi connectivity index (χ4n) is 2.27. The predicted molar refractivity (Wildman–Crippen MR) is 73.0 cm³/mol. The third-order valence-electron chi connectivity index (χ3n) is 3.23. The second-order valence-electron chi connectivity index (χ2n) is 4.76. The van der Waals surface area contributed by atoms with Crippen molar-refractivity contribution >= 4 is 15.9 Å². The maximum absolute atomic E-state index is 12.3. The van der Waals surface area contributed by atoms with Gasteiger partial charge in [-0.05, 0) is 12.8 Å². The molecule has 19 heavy (non-hydrogen) atoms. The Kier molecular flexibility index (Phi) is 5.96. The zero-order valence-corrected chi connectivity index (χ0v) is 12.1. The van der Waals surface area contributed by atoms with E-state index in [1.54, 1.807) is 6.08 Å².